The maximum absolute atomic E-state index is 9.10. The van der Waals surface area contributed by atoms with E-state index in [0.29, 0.717) is 5.56 Å². The minimum absolute atomic E-state index is 0.706. The van der Waals surface area contributed by atoms with Crippen LogP contribution in [0.1, 0.15) is 11.1 Å². The molecule has 0 aliphatic carbocycles. The average Bonchev–Trinajstić information content (AvgIpc) is 2.29. The lowest BCUT2D eigenvalue weighted by molar-refractivity contribution is 1.42. The summed E-state index contributed by atoms with van der Waals surface area (Å²) >= 11 is 3.51. The van der Waals surface area contributed by atoms with E-state index < -0.39 is 0 Å². The molecule has 0 radical (unpaired) electrons. The molecule has 2 aromatic rings. The monoisotopic (exact) mass is 271 g/mol. The summed E-state index contributed by atoms with van der Waals surface area (Å²) in [5.74, 6) is 0. The van der Waals surface area contributed by atoms with Gasteiger partial charge in [0.05, 0.1) is 11.6 Å². The molecule has 0 fully saturated rings. The summed E-state index contributed by atoms with van der Waals surface area (Å²) in [5, 5.41) is 9.10. The fraction of sp³-hybridized carbons (Fsp3) is 0.0714. The third-order valence-electron chi connectivity index (χ3n) is 2.46. The fourth-order valence-corrected chi connectivity index (χ4v) is 2.16. The summed E-state index contributed by atoms with van der Waals surface area (Å²) < 4.78 is 1.01. The number of nitrogens with zero attached hydrogens (tertiary/aromatic N) is 1. The standard InChI is InChI=1S/C14H10BrN/c1-10-6-7-11(9-16)13(8-10)12-4-2-3-5-14(12)15/h2-8H,1H3. The normalized spacial score (nSPS) is 9.81. The molecule has 16 heavy (non-hydrogen) atoms. The zero-order valence-electron chi connectivity index (χ0n) is 8.87. The van der Waals surface area contributed by atoms with Gasteiger partial charge in [0.2, 0.25) is 0 Å². The van der Waals surface area contributed by atoms with Gasteiger partial charge in [-0.25, -0.2) is 0 Å². The summed E-state index contributed by atoms with van der Waals surface area (Å²) in [5.41, 5.74) is 3.90. The molecule has 0 amide bonds. The number of hydrogen-bond donors (Lipinski definition) is 0. The van der Waals surface area contributed by atoms with Crippen molar-refractivity contribution in [2.24, 2.45) is 0 Å². The van der Waals surface area contributed by atoms with Crippen LogP contribution in [0.3, 0.4) is 0 Å². The molecule has 0 saturated heterocycles. The fourth-order valence-electron chi connectivity index (χ4n) is 1.66. The third-order valence-corrected chi connectivity index (χ3v) is 3.15. The average molecular weight is 272 g/mol. The first-order valence-corrected chi connectivity index (χ1v) is 5.77. The summed E-state index contributed by atoms with van der Waals surface area (Å²) in [7, 11) is 0. The van der Waals surface area contributed by atoms with Gasteiger partial charge in [0.1, 0.15) is 0 Å². The Bertz CT molecular complexity index is 567. The largest absolute Gasteiger partial charge is 0.192 e. The van der Waals surface area contributed by atoms with Gasteiger partial charge in [-0.3, -0.25) is 0 Å². The van der Waals surface area contributed by atoms with Gasteiger partial charge in [-0.15, -0.1) is 0 Å². The molecule has 0 aromatic heterocycles. The van der Waals surface area contributed by atoms with Crippen LogP contribution in [0.2, 0.25) is 0 Å². The molecule has 1 nitrogen and oxygen atoms in total. The second-order valence-corrected chi connectivity index (χ2v) is 4.50. The number of rotatable bonds is 1. The van der Waals surface area contributed by atoms with Crippen molar-refractivity contribution < 1.29 is 0 Å². The Morgan fingerprint density at radius 1 is 1.06 bits per heavy atom. The molecule has 0 saturated carbocycles. The molecule has 0 atom stereocenters. The van der Waals surface area contributed by atoms with Crippen LogP contribution in [-0.2, 0) is 0 Å². The van der Waals surface area contributed by atoms with Gasteiger partial charge in [-0.05, 0) is 24.6 Å². The summed E-state index contributed by atoms with van der Waals surface area (Å²) in [6.07, 6.45) is 0. The highest BCUT2D eigenvalue weighted by atomic mass is 79.9. The molecule has 78 valence electrons. The number of halogens is 1. The SMILES string of the molecule is Cc1ccc(C#N)c(-c2ccccc2Br)c1. The van der Waals surface area contributed by atoms with Crippen molar-refractivity contribution in [3.05, 3.63) is 58.1 Å². The molecular formula is C14H10BrN. The van der Waals surface area contributed by atoms with E-state index >= 15 is 0 Å². The van der Waals surface area contributed by atoms with Crippen LogP contribution in [0.4, 0.5) is 0 Å². The molecule has 0 N–H and O–H groups in total. The predicted octanol–water partition coefficient (Wildman–Crippen LogP) is 4.30. The van der Waals surface area contributed by atoms with E-state index in [0.717, 1.165) is 21.2 Å². The van der Waals surface area contributed by atoms with Gasteiger partial charge in [0, 0.05) is 10.0 Å². The Labute approximate surface area is 103 Å². The van der Waals surface area contributed by atoms with E-state index in [1.807, 2.05) is 49.4 Å². The lowest BCUT2D eigenvalue weighted by Gasteiger charge is -2.07. The number of nitriles is 1. The third kappa shape index (κ3) is 2.00. The van der Waals surface area contributed by atoms with E-state index in [1.54, 1.807) is 0 Å². The Morgan fingerprint density at radius 3 is 2.50 bits per heavy atom. The van der Waals surface area contributed by atoms with Crippen LogP contribution in [0.15, 0.2) is 46.9 Å². The summed E-state index contributed by atoms with van der Waals surface area (Å²) in [6.45, 7) is 2.03. The lowest BCUT2D eigenvalue weighted by Crippen LogP contribution is -1.86. The Balaban J connectivity index is 2.69. The van der Waals surface area contributed by atoms with Crippen LogP contribution < -0.4 is 0 Å². The molecule has 2 rings (SSSR count). The highest BCUT2D eigenvalue weighted by Gasteiger charge is 2.07. The van der Waals surface area contributed by atoms with E-state index in [4.69, 9.17) is 5.26 Å². The van der Waals surface area contributed by atoms with Crippen molar-refractivity contribution in [2.75, 3.05) is 0 Å². The zero-order valence-corrected chi connectivity index (χ0v) is 10.5. The molecular weight excluding hydrogens is 262 g/mol. The zero-order chi connectivity index (χ0) is 11.5. The minimum Gasteiger partial charge on any atom is -0.192 e. The van der Waals surface area contributed by atoms with E-state index in [-0.39, 0.29) is 0 Å². The molecule has 0 aliphatic heterocycles. The van der Waals surface area contributed by atoms with Crippen molar-refractivity contribution in [1.29, 1.82) is 5.26 Å². The lowest BCUT2D eigenvalue weighted by atomic mass is 9.98. The first-order chi connectivity index (χ1) is 7.72. The Kier molecular flexibility index (Phi) is 3.07. The maximum Gasteiger partial charge on any atom is 0.0998 e. The van der Waals surface area contributed by atoms with Crippen molar-refractivity contribution in [2.45, 2.75) is 6.92 Å². The molecule has 0 bridgehead atoms. The van der Waals surface area contributed by atoms with Crippen LogP contribution in [-0.4, -0.2) is 0 Å². The Morgan fingerprint density at radius 2 is 1.81 bits per heavy atom. The Hall–Kier alpha value is -1.59. The van der Waals surface area contributed by atoms with Crippen LogP contribution in [0, 0.1) is 18.3 Å². The molecule has 0 aliphatic rings. The van der Waals surface area contributed by atoms with Gasteiger partial charge in [0.25, 0.3) is 0 Å². The van der Waals surface area contributed by atoms with Crippen molar-refractivity contribution in [3.8, 4) is 17.2 Å². The molecule has 0 unspecified atom stereocenters. The highest BCUT2D eigenvalue weighted by molar-refractivity contribution is 9.10. The molecule has 2 aromatic carbocycles. The predicted molar refractivity (Wildman–Crippen MR) is 69.0 cm³/mol. The molecule has 0 heterocycles. The van der Waals surface area contributed by atoms with Gasteiger partial charge in [-0.1, -0.05) is 51.8 Å². The quantitative estimate of drug-likeness (QED) is 0.759. The van der Waals surface area contributed by atoms with Gasteiger partial charge >= 0.3 is 0 Å². The number of hydrogen-bond acceptors (Lipinski definition) is 1. The van der Waals surface area contributed by atoms with Crippen LogP contribution in [0.5, 0.6) is 0 Å². The van der Waals surface area contributed by atoms with Crippen molar-refractivity contribution >= 4 is 15.9 Å². The molecule has 0 spiro atoms. The topological polar surface area (TPSA) is 23.8 Å². The van der Waals surface area contributed by atoms with Crippen LogP contribution in [0.25, 0.3) is 11.1 Å². The number of benzene rings is 2. The van der Waals surface area contributed by atoms with Crippen LogP contribution >= 0.6 is 15.9 Å². The maximum atomic E-state index is 9.10. The first-order valence-electron chi connectivity index (χ1n) is 4.98. The van der Waals surface area contributed by atoms with Gasteiger partial charge in [-0.2, -0.15) is 5.26 Å². The van der Waals surface area contributed by atoms with Crippen molar-refractivity contribution in [1.82, 2.24) is 0 Å². The van der Waals surface area contributed by atoms with Gasteiger partial charge < -0.3 is 0 Å². The summed E-state index contributed by atoms with van der Waals surface area (Å²) in [6, 6.07) is 16.0. The highest BCUT2D eigenvalue weighted by Crippen LogP contribution is 2.30. The first kappa shape index (κ1) is 10.9. The second kappa shape index (κ2) is 4.51. The second-order valence-electron chi connectivity index (χ2n) is 3.64. The smallest absolute Gasteiger partial charge is 0.0998 e. The molecule has 2 heteroatoms. The van der Waals surface area contributed by atoms with Crippen molar-refractivity contribution in [3.63, 3.8) is 0 Å². The van der Waals surface area contributed by atoms with E-state index in [1.165, 1.54) is 0 Å². The van der Waals surface area contributed by atoms with E-state index in [2.05, 4.69) is 22.0 Å². The summed E-state index contributed by atoms with van der Waals surface area (Å²) in [4.78, 5) is 0. The van der Waals surface area contributed by atoms with E-state index in [9.17, 15) is 0 Å². The van der Waals surface area contributed by atoms with Gasteiger partial charge in [0.15, 0.2) is 0 Å². The number of aryl methyl sites for hydroxylation is 1. The minimum atomic E-state index is 0.706.